The quantitative estimate of drug-likeness (QED) is 0.496. The van der Waals surface area contributed by atoms with Crippen LogP contribution in [0.25, 0.3) is 0 Å². The molecule has 3 heteroatoms. The second-order valence-corrected chi connectivity index (χ2v) is 1.85. The number of amidine groups is 1. The van der Waals surface area contributed by atoms with Gasteiger partial charge in [-0.2, -0.15) is 0 Å². The molecule has 9 heavy (non-hydrogen) atoms. The van der Waals surface area contributed by atoms with E-state index in [2.05, 4.69) is 9.98 Å². The predicted octanol–water partition coefficient (Wildman–Crippen LogP) is 0.332. The molecule has 0 aromatic carbocycles. The van der Waals surface area contributed by atoms with E-state index in [1.165, 1.54) is 0 Å². The lowest BCUT2D eigenvalue weighted by molar-refractivity contribution is 1.22. The highest BCUT2D eigenvalue weighted by Crippen LogP contribution is 1.89. The maximum Gasteiger partial charge on any atom is 0.120 e. The van der Waals surface area contributed by atoms with Gasteiger partial charge in [-0.25, -0.2) is 4.99 Å². The Hall–Kier alpha value is -1.12. The van der Waals surface area contributed by atoms with Crippen LogP contribution in [0.15, 0.2) is 21.8 Å². The molecule has 0 amide bonds. The van der Waals surface area contributed by atoms with Crippen molar-refractivity contribution in [3.05, 3.63) is 11.8 Å². The lowest BCUT2D eigenvalue weighted by Gasteiger charge is -1.83. The number of hydrogen-bond donors (Lipinski definition) is 1. The van der Waals surface area contributed by atoms with E-state index >= 15 is 0 Å². The molecule has 0 aromatic rings. The van der Waals surface area contributed by atoms with Crippen molar-refractivity contribution in [2.24, 2.45) is 15.7 Å². The number of nitrogens with zero attached hydrogens (tertiary/aromatic N) is 2. The van der Waals surface area contributed by atoms with Crippen LogP contribution >= 0.6 is 0 Å². The van der Waals surface area contributed by atoms with Gasteiger partial charge in [-0.15, -0.1) is 0 Å². The van der Waals surface area contributed by atoms with Crippen molar-refractivity contribution in [3.63, 3.8) is 0 Å². The highest BCUT2D eigenvalue weighted by atomic mass is 14.9. The smallest absolute Gasteiger partial charge is 0.120 e. The summed E-state index contributed by atoms with van der Waals surface area (Å²) in [4.78, 5) is 7.97. The number of hydrogen-bond acceptors (Lipinski definition) is 3. The van der Waals surface area contributed by atoms with Crippen LogP contribution in [0.4, 0.5) is 0 Å². The molecular formula is C6H9N3. The van der Waals surface area contributed by atoms with Gasteiger partial charge in [0.05, 0.1) is 12.8 Å². The second-order valence-electron chi connectivity index (χ2n) is 1.85. The first kappa shape index (κ1) is 6.01. The first-order valence-corrected chi connectivity index (χ1v) is 2.80. The van der Waals surface area contributed by atoms with Crippen LogP contribution in [0.1, 0.15) is 6.92 Å². The summed E-state index contributed by atoms with van der Waals surface area (Å²) in [6, 6.07) is 0. The Morgan fingerprint density at radius 2 is 2.44 bits per heavy atom. The third-order valence-corrected chi connectivity index (χ3v) is 1.05. The molecule has 0 saturated heterocycles. The van der Waals surface area contributed by atoms with Crippen LogP contribution in [0, 0.1) is 0 Å². The fraction of sp³-hybridized carbons (Fsp3) is 0.333. The van der Waals surface area contributed by atoms with E-state index in [1.807, 2.05) is 13.0 Å². The Morgan fingerprint density at radius 1 is 1.67 bits per heavy atom. The lowest BCUT2D eigenvalue weighted by atomic mass is 10.4. The Bertz CT molecular complexity index is 168. The van der Waals surface area contributed by atoms with Crippen LogP contribution in [0.2, 0.25) is 0 Å². The molecule has 0 radical (unpaired) electrons. The Morgan fingerprint density at radius 3 is 3.22 bits per heavy atom. The van der Waals surface area contributed by atoms with Gasteiger partial charge in [0.15, 0.2) is 0 Å². The van der Waals surface area contributed by atoms with Gasteiger partial charge in [-0.1, -0.05) is 0 Å². The zero-order valence-corrected chi connectivity index (χ0v) is 5.33. The van der Waals surface area contributed by atoms with Crippen molar-refractivity contribution in [1.29, 1.82) is 0 Å². The van der Waals surface area contributed by atoms with Crippen LogP contribution < -0.4 is 5.73 Å². The molecule has 48 valence electrons. The van der Waals surface area contributed by atoms with Crippen LogP contribution in [0.5, 0.6) is 0 Å². The van der Waals surface area contributed by atoms with Gasteiger partial charge in [-0.05, 0) is 13.0 Å². The Kier molecular flexibility index (Phi) is 1.63. The standard InChI is InChI=1S/C6H9N3/c1-5-8-3-2-6(7)4-9-5/h2,4H,3,7H2,1H3. The summed E-state index contributed by atoms with van der Waals surface area (Å²) < 4.78 is 0. The minimum absolute atomic E-state index is 0.650. The fourth-order valence-electron chi connectivity index (χ4n) is 0.545. The van der Waals surface area contributed by atoms with Gasteiger partial charge in [0.1, 0.15) is 5.84 Å². The molecule has 1 rings (SSSR count). The maximum absolute atomic E-state index is 5.44. The average molecular weight is 123 g/mol. The number of aliphatic imine (C=N–C) groups is 2. The van der Waals surface area contributed by atoms with Crippen molar-refractivity contribution in [3.8, 4) is 0 Å². The topological polar surface area (TPSA) is 50.7 Å². The molecule has 1 aliphatic rings. The molecule has 0 saturated carbocycles. The molecular weight excluding hydrogens is 114 g/mol. The van der Waals surface area contributed by atoms with Crippen molar-refractivity contribution in [2.75, 3.05) is 6.54 Å². The molecule has 0 atom stereocenters. The summed E-state index contributed by atoms with van der Waals surface area (Å²) in [7, 11) is 0. The van der Waals surface area contributed by atoms with E-state index in [4.69, 9.17) is 5.73 Å². The lowest BCUT2D eigenvalue weighted by Crippen LogP contribution is -1.97. The minimum Gasteiger partial charge on any atom is -0.398 e. The van der Waals surface area contributed by atoms with E-state index in [0.717, 1.165) is 5.84 Å². The van der Waals surface area contributed by atoms with E-state index < -0.39 is 0 Å². The fourth-order valence-corrected chi connectivity index (χ4v) is 0.545. The molecule has 1 heterocycles. The van der Waals surface area contributed by atoms with Gasteiger partial charge in [-0.3, -0.25) is 4.99 Å². The van der Waals surface area contributed by atoms with Crippen LogP contribution in [0.3, 0.4) is 0 Å². The number of nitrogens with two attached hydrogens (primary N) is 1. The SMILES string of the molecule is CC1=NCC=C(N)C=N1. The van der Waals surface area contributed by atoms with Gasteiger partial charge in [0.25, 0.3) is 0 Å². The highest BCUT2D eigenvalue weighted by Gasteiger charge is 1.89. The summed E-state index contributed by atoms with van der Waals surface area (Å²) in [5, 5.41) is 0. The van der Waals surface area contributed by atoms with Crippen molar-refractivity contribution < 1.29 is 0 Å². The molecule has 1 aliphatic heterocycles. The Labute approximate surface area is 54.0 Å². The van der Waals surface area contributed by atoms with Gasteiger partial charge in [0, 0.05) is 5.70 Å². The molecule has 2 N–H and O–H groups in total. The summed E-state index contributed by atoms with van der Waals surface area (Å²) in [6.45, 7) is 2.50. The van der Waals surface area contributed by atoms with Gasteiger partial charge >= 0.3 is 0 Å². The molecule has 0 spiro atoms. The summed E-state index contributed by atoms with van der Waals surface area (Å²) >= 11 is 0. The second kappa shape index (κ2) is 2.44. The highest BCUT2D eigenvalue weighted by molar-refractivity contribution is 5.93. The normalized spacial score (nSPS) is 18.3. The van der Waals surface area contributed by atoms with Crippen molar-refractivity contribution in [1.82, 2.24) is 0 Å². The molecule has 0 aliphatic carbocycles. The molecule has 0 aromatic heterocycles. The molecule has 0 fully saturated rings. The van der Waals surface area contributed by atoms with Gasteiger partial charge in [0.2, 0.25) is 0 Å². The first-order chi connectivity index (χ1) is 4.29. The first-order valence-electron chi connectivity index (χ1n) is 2.80. The third kappa shape index (κ3) is 1.68. The Balaban J connectivity index is 2.75. The summed E-state index contributed by atoms with van der Waals surface area (Å²) in [5.74, 6) is 0.784. The summed E-state index contributed by atoms with van der Waals surface area (Å²) in [5.41, 5.74) is 6.13. The molecule has 3 nitrogen and oxygen atoms in total. The third-order valence-electron chi connectivity index (χ3n) is 1.05. The van der Waals surface area contributed by atoms with E-state index in [0.29, 0.717) is 12.2 Å². The zero-order valence-electron chi connectivity index (χ0n) is 5.33. The zero-order chi connectivity index (χ0) is 6.69. The average Bonchev–Trinajstić information content (AvgIpc) is 1.97. The maximum atomic E-state index is 5.44. The van der Waals surface area contributed by atoms with E-state index in [9.17, 15) is 0 Å². The monoisotopic (exact) mass is 123 g/mol. The number of rotatable bonds is 0. The summed E-state index contributed by atoms with van der Waals surface area (Å²) in [6.07, 6.45) is 3.45. The molecule has 0 unspecified atom stereocenters. The van der Waals surface area contributed by atoms with Crippen molar-refractivity contribution >= 4 is 12.1 Å². The van der Waals surface area contributed by atoms with Crippen LogP contribution in [-0.4, -0.2) is 18.6 Å². The predicted molar refractivity (Wildman–Crippen MR) is 38.7 cm³/mol. The largest absolute Gasteiger partial charge is 0.398 e. The van der Waals surface area contributed by atoms with Crippen LogP contribution in [-0.2, 0) is 0 Å². The van der Waals surface area contributed by atoms with Gasteiger partial charge < -0.3 is 5.73 Å². The number of allylic oxidation sites excluding steroid dienone is 1. The van der Waals surface area contributed by atoms with E-state index in [1.54, 1.807) is 6.21 Å². The minimum atomic E-state index is 0.650. The van der Waals surface area contributed by atoms with E-state index in [-0.39, 0.29) is 0 Å². The molecule has 0 bridgehead atoms. The van der Waals surface area contributed by atoms with Crippen molar-refractivity contribution in [2.45, 2.75) is 6.92 Å².